The number of aliphatic hydroxyl groups excluding tert-OH is 1. The Kier molecular flexibility index (Phi) is 6.51. The zero-order chi connectivity index (χ0) is 8.69. The van der Waals surface area contributed by atoms with Crippen molar-refractivity contribution in [3.05, 3.63) is 0 Å². The molecule has 2 unspecified atom stereocenters. The van der Waals surface area contributed by atoms with E-state index in [1.54, 1.807) is 7.11 Å². The van der Waals surface area contributed by atoms with Crippen LogP contribution in [0.2, 0.25) is 0 Å². The van der Waals surface area contributed by atoms with Gasteiger partial charge in [-0.2, -0.15) is 0 Å². The van der Waals surface area contributed by atoms with Gasteiger partial charge in [-0.25, -0.2) is 0 Å². The summed E-state index contributed by atoms with van der Waals surface area (Å²) in [7, 11) is 3.61. The number of methoxy groups -OCH3 is 1. The van der Waals surface area contributed by atoms with Gasteiger partial charge in [0, 0.05) is 19.8 Å². The average Bonchev–Trinajstić information content (AvgIpc) is 2.00. The molecule has 0 amide bonds. The molecule has 0 aliphatic carbocycles. The summed E-state index contributed by atoms with van der Waals surface area (Å²) in [4.78, 5) is 0. The van der Waals surface area contributed by atoms with Gasteiger partial charge in [0.05, 0.1) is 6.61 Å². The van der Waals surface area contributed by atoms with Crippen LogP contribution in [0.4, 0.5) is 0 Å². The molecule has 0 rings (SSSR count). The number of hydrogen-bond donors (Lipinski definition) is 2. The molecule has 0 saturated carbocycles. The number of ether oxygens (including phenoxy) is 1. The molecule has 2 atom stereocenters. The predicted molar refractivity (Wildman–Crippen MR) is 45.6 cm³/mol. The number of nitrogens with one attached hydrogen (secondary N) is 1. The van der Waals surface area contributed by atoms with Gasteiger partial charge in [0.1, 0.15) is 0 Å². The minimum absolute atomic E-state index is 0.236. The maximum atomic E-state index is 8.70. The van der Waals surface area contributed by atoms with Gasteiger partial charge in [0.2, 0.25) is 0 Å². The van der Waals surface area contributed by atoms with E-state index in [0.717, 1.165) is 13.0 Å². The molecular weight excluding hydrogens is 142 g/mol. The smallest absolute Gasteiger partial charge is 0.0502 e. The third-order valence-electron chi connectivity index (χ3n) is 1.93. The van der Waals surface area contributed by atoms with E-state index in [1.165, 1.54) is 0 Å². The van der Waals surface area contributed by atoms with E-state index < -0.39 is 0 Å². The molecule has 0 aromatic carbocycles. The summed E-state index contributed by atoms with van der Waals surface area (Å²) in [6.45, 7) is 3.09. The average molecular weight is 161 g/mol. The van der Waals surface area contributed by atoms with Crippen molar-refractivity contribution >= 4 is 0 Å². The fraction of sp³-hybridized carbons (Fsp3) is 1.00. The van der Waals surface area contributed by atoms with Gasteiger partial charge in [-0.05, 0) is 19.4 Å². The molecule has 0 saturated heterocycles. The van der Waals surface area contributed by atoms with Gasteiger partial charge in [0.15, 0.2) is 0 Å². The largest absolute Gasteiger partial charge is 0.396 e. The zero-order valence-electron chi connectivity index (χ0n) is 7.63. The molecule has 0 aromatic heterocycles. The van der Waals surface area contributed by atoms with Crippen molar-refractivity contribution in [1.82, 2.24) is 5.32 Å². The maximum absolute atomic E-state index is 8.70. The molecule has 3 nitrogen and oxygen atoms in total. The highest BCUT2D eigenvalue weighted by Crippen LogP contribution is 2.05. The third-order valence-corrected chi connectivity index (χ3v) is 1.93. The first-order chi connectivity index (χ1) is 5.26. The first-order valence-corrected chi connectivity index (χ1v) is 4.03. The number of hydrogen-bond acceptors (Lipinski definition) is 3. The van der Waals surface area contributed by atoms with Gasteiger partial charge in [-0.15, -0.1) is 0 Å². The van der Waals surface area contributed by atoms with Gasteiger partial charge in [0.25, 0.3) is 0 Å². The van der Waals surface area contributed by atoms with Crippen LogP contribution in [0.3, 0.4) is 0 Å². The quantitative estimate of drug-likeness (QED) is 0.586. The molecule has 11 heavy (non-hydrogen) atoms. The van der Waals surface area contributed by atoms with Crippen molar-refractivity contribution < 1.29 is 9.84 Å². The van der Waals surface area contributed by atoms with Crippen LogP contribution >= 0.6 is 0 Å². The van der Waals surface area contributed by atoms with Gasteiger partial charge >= 0.3 is 0 Å². The van der Waals surface area contributed by atoms with Crippen LogP contribution in [0.1, 0.15) is 13.3 Å². The summed E-state index contributed by atoms with van der Waals surface area (Å²) >= 11 is 0. The normalized spacial score (nSPS) is 16.4. The minimum atomic E-state index is 0.236. The van der Waals surface area contributed by atoms with Crippen LogP contribution in [-0.4, -0.2) is 38.5 Å². The number of rotatable bonds is 6. The van der Waals surface area contributed by atoms with E-state index in [0.29, 0.717) is 12.0 Å². The summed E-state index contributed by atoms with van der Waals surface area (Å²) in [6, 6.07) is 0.361. The highest BCUT2D eigenvalue weighted by molar-refractivity contribution is 4.70. The topological polar surface area (TPSA) is 41.5 Å². The predicted octanol–water partition coefficient (Wildman–Crippen LogP) is 0.239. The molecule has 0 spiro atoms. The fourth-order valence-electron chi connectivity index (χ4n) is 1.23. The first kappa shape index (κ1) is 10.9. The van der Waals surface area contributed by atoms with Crippen molar-refractivity contribution in [3.8, 4) is 0 Å². The molecule has 3 heteroatoms. The molecule has 2 N–H and O–H groups in total. The van der Waals surface area contributed by atoms with Crippen LogP contribution in [0, 0.1) is 5.92 Å². The highest BCUT2D eigenvalue weighted by Gasteiger charge is 2.13. The Morgan fingerprint density at radius 2 is 2.18 bits per heavy atom. The second-order valence-corrected chi connectivity index (χ2v) is 2.84. The lowest BCUT2D eigenvalue weighted by atomic mass is 10.0. The Morgan fingerprint density at radius 3 is 2.55 bits per heavy atom. The zero-order valence-corrected chi connectivity index (χ0v) is 7.63. The van der Waals surface area contributed by atoms with Gasteiger partial charge in [-0.3, -0.25) is 0 Å². The van der Waals surface area contributed by atoms with E-state index in [2.05, 4.69) is 12.2 Å². The SMILES string of the molecule is CNC(CCO)C(C)COC. The van der Waals surface area contributed by atoms with Gasteiger partial charge in [-0.1, -0.05) is 6.92 Å². The highest BCUT2D eigenvalue weighted by atomic mass is 16.5. The van der Waals surface area contributed by atoms with Crippen molar-refractivity contribution in [2.75, 3.05) is 27.4 Å². The molecular formula is C8H19NO2. The summed E-state index contributed by atoms with van der Waals surface area (Å²) in [5.74, 6) is 0.456. The van der Waals surface area contributed by atoms with E-state index >= 15 is 0 Å². The summed E-state index contributed by atoms with van der Waals surface area (Å²) in [6.07, 6.45) is 0.793. The van der Waals surface area contributed by atoms with E-state index in [9.17, 15) is 0 Å². The Morgan fingerprint density at radius 1 is 1.55 bits per heavy atom. The molecule has 0 aromatic rings. The first-order valence-electron chi connectivity index (χ1n) is 4.03. The molecule has 0 aliphatic rings. The molecule has 0 bridgehead atoms. The molecule has 0 fully saturated rings. The Balaban J connectivity index is 3.61. The maximum Gasteiger partial charge on any atom is 0.0502 e. The van der Waals surface area contributed by atoms with Crippen molar-refractivity contribution in [3.63, 3.8) is 0 Å². The monoisotopic (exact) mass is 161 g/mol. The fourth-order valence-corrected chi connectivity index (χ4v) is 1.23. The lowest BCUT2D eigenvalue weighted by Gasteiger charge is -2.21. The third kappa shape index (κ3) is 4.35. The molecule has 0 heterocycles. The second kappa shape index (κ2) is 6.58. The summed E-state index contributed by atoms with van der Waals surface area (Å²) < 4.78 is 5.01. The van der Waals surface area contributed by atoms with Gasteiger partial charge < -0.3 is 15.2 Å². The van der Waals surface area contributed by atoms with Crippen molar-refractivity contribution in [1.29, 1.82) is 0 Å². The Labute approximate surface area is 68.8 Å². The summed E-state index contributed by atoms with van der Waals surface area (Å²) in [5.41, 5.74) is 0. The van der Waals surface area contributed by atoms with E-state index in [1.807, 2.05) is 7.05 Å². The second-order valence-electron chi connectivity index (χ2n) is 2.84. The standard InChI is InChI=1S/C8H19NO2/c1-7(6-11-3)8(9-2)4-5-10/h7-10H,4-6H2,1-3H3. The van der Waals surface area contributed by atoms with Crippen LogP contribution in [-0.2, 0) is 4.74 Å². The lowest BCUT2D eigenvalue weighted by Crippen LogP contribution is -2.35. The number of aliphatic hydroxyl groups is 1. The lowest BCUT2D eigenvalue weighted by molar-refractivity contribution is 0.131. The van der Waals surface area contributed by atoms with Crippen LogP contribution < -0.4 is 5.32 Å². The Bertz CT molecular complexity index is 88.2. The summed E-state index contributed by atoms with van der Waals surface area (Å²) in [5, 5.41) is 11.9. The Hall–Kier alpha value is -0.120. The molecule has 68 valence electrons. The van der Waals surface area contributed by atoms with Crippen LogP contribution in [0.15, 0.2) is 0 Å². The molecule has 0 radical (unpaired) electrons. The van der Waals surface area contributed by atoms with E-state index in [-0.39, 0.29) is 6.61 Å². The molecule has 0 aliphatic heterocycles. The van der Waals surface area contributed by atoms with Crippen molar-refractivity contribution in [2.24, 2.45) is 5.92 Å². The van der Waals surface area contributed by atoms with Crippen LogP contribution in [0.25, 0.3) is 0 Å². The minimum Gasteiger partial charge on any atom is -0.396 e. The van der Waals surface area contributed by atoms with E-state index in [4.69, 9.17) is 9.84 Å². The van der Waals surface area contributed by atoms with Crippen molar-refractivity contribution in [2.45, 2.75) is 19.4 Å². The van der Waals surface area contributed by atoms with Crippen LogP contribution in [0.5, 0.6) is 0 Å².